The molecule has 0 amide bonds. The van der Waals surface area contributed by atoms with Crippen molar-refractivity contribution < 1.29 is 19.8 Å². The first-order valence-electron chi connectivity index (χ1n) is 2.13. The van der Waals surface area contributed by atoms with E-state index in [9.17, 15) is 9.59 Å². The number of carbonyl (C=O) groups excluding carboxylic acids is 1. The quantitative estimate of drug-likeness (QED) is 0.370. The van der Waals surface area contributed by atoms with E-state index >= 15 is 0 Å². The number of aliphatic carboxylic acids is 1. The van der Waals surface area contributed by atoms with Crippen LogP contribution < -0.4 is 0 Å². The van der Waals surface area contributed by atoms with Gasteiger partial charge in [0, 0.05) is 0 Å². The fourth-order valence-corrected chi connectivity index (χ4v) is 0.238. The van der Waals surface area contributed by atoms with Gasteiger partial charge in [-0.1, -0.05) is 0 Å². The Labute approximate surface area is 50.6 Å². The van der Waals surface area contributed by atoms with E-state index in [0.717, 1.165) is 6.08 Å². The normalized spacial score (nSPS) is 11.7. The molecule has 0 aliphatic rings. The number of hydrogen-bond donors (Lipinski definition) is 2. The predicted molar refractivity (Wildman–Crippen MR) is 26.6 cm³/mol. The highest BCUT2D eigenvalue weighted by Gasteiger charge is 2.13. The first kappa shape index (κ1) is 7.81. The molecule has 0 saturated carbocycles. The number of carboxylic acids is 1. The topological polar surface area (TPSA) is 87.0 Å². The first-order chi connectivity index (χ1) is 4.22. The fourth-order valence-electron chi connectivity index (χ4n) is 0.238. The second-order valence-electron chi connectivity index (χ2n) is 1.26. The summed E-state index contributed by atoms with van der Waals surface area (Å²) < 4.78 is 0. The van der Waals surface area contributed by atoms with Crippen LogP contribution in [0.2, 0.25) is 0 Å². The maximum absolute atomic E-state index is 9.89. The van der Waals surface area contributed by atoms with Crippen LogP contribution >= 0.6 is 0 Å². The van der Waals surface area contributed by atoms with Gasteiger partial charge in [0.05, 0.1) is 6.61 Å². The molecule has 9 heavy (non-hydrogen) atoms. The van der Waals surface area contributed by atoms with Crippen molar-refractivity contribution in [1.82, 2.24) is 0 Å². The van der Waals surface area contributed by atoms with Crippen LogP contribution in [-0.2, 0) is 9.59 Å². The fraction of sp³-hybridized carbons (Fsp3) is 0.500. The maximum atomic E-state index is 9.89. The van der Waals surface area contributed by atoms with Gasteiger partial charge in [0.2, 0.25) is 6.08 Å². The van der Waals surface area contributed by atoms with Gasteiger partial charge in [-0.05, 0) is 0 Å². The van der Waals surface area contributed by atoms with E-state index < -0.39 is 18.6 Å². The molecule has 2 N–H and O–H groups in total. The average molecular weight is 131 g/mol. The van der Waals surface area contributed by atoms with Crippen molar-refractivity contribution in [3.05, 3.63) is 0 Å². The Morgan fingerprint density at radius 1 is 1.78 bits per heavy atom. The van der Waals surface area contributed by atoms with E-state index in [1.807, 2.05) is 0 Å². The van der Waals surface area contributed by atoms with E-state index in [0.29, 0.717) is 0 Å². The summed E-state index contributed by atoms with van der Waals surface area (Å²) in [6.07, 6.45) is 1.03. The summed E-state index contributed by atoms with van der Waals surface area (Å²) in [6.45, 7) is -0.676. The summed E-state index contributed by atoms with van der Waals surface area (Å²) in [4.78, 5) is 22.1. The lowest BCUT2D eigenvalue weighted by Crippen LogP contribution is -2.21. The lowest BCUT2D eigenvalue weighted by Gasteiger charge is -1.96. The summed E-state index contributed by atoms with van der Waals surface area (Å²) in [6, 6.07) is -1.36. The van der Waals surface area contributed by atoms with Gasteiger partial charge in [-0.2, -0.15) is 4.99 Å². The van der Waals surface area contributed by atoms with Crippen molar-refractivity contribution >= 4 is 12.0 Å². The molecule has 0 heterocycles. The maximum Gasteiger partial charge on any atom is 0.331 e. The van der Waals surface area contributed by atoms with Crippen LogP contribution in [0.15, 0.2) is 4.99 Å². The third-order valence-electron chi connectivity index (χ3n) is 0.667. The lowest BCUT2D eigenvalue weighted by molar-refractivity contribution is -0.139. The van der Waals surface area contributed by atoms with Crippen LogP contribution in [0.5, 0.6) is 0 Å². The molecular weight excluding hydrogens is 126 g/mol. The molecule has 0 aromatic carbocycles. The van der Waals surface area contributed by atoms with Gasteiger partial charge in [0.15, 0.2) is 6.04 Å². The lowest BCUT2D eigenvalue weighted by atomic mass is 10.3. The molecule has 0 radical (unpaired) electrons. The molecule has 0 spiro atoms. The highest BCUT2D eigenvalue weighted by atomic mass is 16.4. The van der Waals surface area contributed by atoms with Gasteiger partial charge in [-0.25, -0.2) is 9.59 Å². The molecule has 0 aromatic heterocycles. The van der Waals surface area contributed by atoms with Crippen molar-refractivity contribution in [2.45, 2.75) is 6.04 Å². The van der Waals surface area contributed by atoms with Gasteiger partial charge in [-0.15, -0.1) is 0 Å². The molecular formula is C4H5NO4. The molecule has 0 saturated heterocycles. The van der Waals surface area contributed by atoms with Crippen molar-refractivity contribution in [2.75, 3.05) is 6.61 Å². The van der Waals surface area contributed by atoms with E-state index in [2.05, 4.69) is 4.99 Å². The number of nitrogens with zero attached hydrogens (tertiary/aromatic N) is 1. The van der Waals surface area contributed by atoms with Gasteiger partial charge < -0.3 is 10.2 Å². The van der Waals surface area contributed by atoms with Crippen molar-refractivity contribution in [3.63, 3.8) is 0 Å². The molecule has 5 nitrogen and oxygen atoms in total. The third-order valence-corrected chi connectivity index (χ3v) is 0.667. The number of isocyanates is 1. The number of hydrogen-bond acceptors (Lipinski definition) is 4. The molecule has 0 aliphatic carbocycles. The highest BCUT2D eigenvalue weighted by molar-refractivity contribution is 5.74. The Kier molecular flexibility index (Phi) is 3.27. The molecule has 1 atom stereocenters. The average Bonchev–Trinajstić information content (AvgIpc) is 1.82. The van der Waals surface area contributed by atoms with E-state index in [1.165, 1.54) is 0 Å². The van der Waals surface area contributed by atoms with E-state index in [1.54, 1.807) is 0 Å². The van der Waals surface area contributed by atoms with Gasteiger partial charge in [0.25, 0.3) is 0 Å². The zero-order chi connectivity index (χ0) is 7.28. The number of aliphatic hydroxyl groups is 1. The Morgan fingerprint density at radius 2 is 2.33 bits per heavy atom. The number of aliphatic hydroxyl groups excluding tert-OH is 1. The second kappa shape index (κ2) is 3.77. The van der Waals surface area contributed by atoms with E-state index in [-0.39, 0.29) is 0 Å². The smallest absolute Gasteiger partial charge is 0.331 e. The molecule has 5 heteroatoms. The monoisotopic (exact) mass is 131 g/mol. The molecule has 0 aromatic rings. The van der Waals surface area contributed by atoms with Crippen LogP contribution in [0.4, 0.5) is 0 Å². The minimum atomic E-state index is -1.36. The minimum Gasteiger partial charge on any atom is -0.480 e. The van der Waals surface area contributed by atoms with Gasteiger partial charge in [0.1, 0.15) is 0 Å². The Morgan fingerprint density at radius 3 is 2.44 bits per heavy atom. The standard InChI is InChI=1S/C4H5NO4/c6-1-3(4(8)9)5-2-7/h3,6H,1H2,(H,8,9)/t3-/m1/s1. The third kappa shape index (κ3) is 2.58. The number of carboxylic acid groups (broad SMARTS) is 1. The molecule has 0 fully saturated rings. The van der Waals surface area contributed by atoms with Gasteiger partial charge in [-0.3, -0.25) is 0 Å². The largest absolute Gasteiger partial charge is 0.480 e. The molecule has 0 rings (SSSR count). The van der Waals surface area contributed by atoms with Crippen LogP contribution in [0, 0.1) is 0 Å². The SMILES string of the molecule is O=C=N[C@H](CO)C(=O)O. The molecule has 50 valence electrons. The van der Waals surface area contributed by atoms with Crippen LogP contribution in [0.3, 0.4) is 0 Å². The zero-order valence-electron chi connectivity index (χ0n) is 4.44. The Hall–Kier alpha value is -1.19. The first-order valence-corrected chi connectivity index (χ1v) is 2.13. The Bertz CT molecular complexity index is 147. The predicted octanol–water partition coefficient (Wildman–Crippen LogP) is -1.23. The summed E-state index contributed by atoms with van der Waals surface area (Å²) in [5, 5.41) is 16.2. The molecule has 0 aliphatic heterocycles. The highest BCUT2D eigenvalue weighted by Crippen LogP contribution is 1.85. The van der Waals surface area contributed by atoms with Crippen molar-refractivity contribution in [2.24, 2.45) is 4.99 Å². The van der Waals surface area contributed by atoms with E-state index in [4.69, 9.17) is 10.2 Å². The summed E-state index contributed by atoms with van der Waals surface area (Å²) >= 11 is 0. The Balaban J connectivity index is 3.98. The van der Waals surface area contributed by atoms with Crippen LogP contribution in [0.1, 0.15) is 0 Å². The number of carbonyl (C=O) groups is 1. The number of rotatable bonds is 3. The molecule has 0 bridgehead atoms. The zero-order valence-corrected chi connectivity index (χ0v) is 4.44. The van der Waals surface area contributed by atoms with Crippen molar-refractivity contribution in [1.29, 1.82) is 0 Å². The minimum absolute atomic E-state index is 0.676. The number of aliphatic imine (C=N–C) groups is 1. The second-order valence-corrected chi connectivity index (χ2v) is 1.26. The van der Waals surface area contributed by atoms with Crippen molar-refractivity contribution in [3.8, 4) is 0 Å². The van der Waals surface area contributed by atoms with Crippen LogP contribution in [0.25, 0.3) is 0 Å². The summed E-state index contributed by atoms with van der Waals surface area (Å²) in [5.74, 6) is -1.33. The van der Waals surface area contributed by atoms with Gasteiger partial charge >= 0.3 is 5.97 Å². The molecule has 0 unspecified atom stereocenters. The summed E-state index contributed by atoms with van der Waals surface area (Å²) in [5.41, 5.74) is 0. The van der Waals surface area contributed by atoms with Crippen LogP contribution in [-0.4, -0.2) is 34.9 Å². The summed E-state index contributed by atoms with van der Waals surface area (Å²) in [7, 11) is 0.